The molecule has 0 saturated heterocycles. The molecule has 0 radical (unpaired) electrons. The van der Waals surface area contributed by atoms with Gasteiger partial charge >= 0.3 is 6.18 Å². The second-order valence-electron chi connectivity index (χ2n) is 5.39. The van der Waals surface area contributed by atoms with Gasteiger partial charge in [0, 0.05) is 31.2 Å². The second kappa shape index (κ2) is 7.25. The number of para-hydroxylation sites is 1. The Labute approximate surface area is 138 Å². The van der Waals surface area contributed by atoms with Crippen molar-refractivity contribution in [3.8, 4) is 0 Å². The van der Waals surface area contributed by atoms with Crippen LogP contribution in [0.15, 0.2) is 48.5 Å². The van der Waals surface area contributed by atoms with Gasteiger partial charge in [0.05, 0.1) is 12.1 Å². The topological polar surface area (TPSA) is 44.4 Å². The maximum Gasteiger partial charge on any atom is 0.418 e. The van der Waals surface area contributed by atoms with Crippen LogP contribution in [0.5, 0.6) is 0 Å². The first-order valence-corrected chi connectivity index (χ1v) is 7.24. The molecule has 1 amide bonds. The second-order valence-corrected chi connectivity index (χ2v) is 5.39. The van der Waals surface area contributed by atoms with Gasteiger partial charge in [-0.1, -0.05) is 12.1 Å². The monoisotopic (exact) mass is 337 g/mol. The molecule has 24 heavy (non-hydrogen) atoms. The van der Waals surface area contributed by atoms with Crippen LogP contribution in [-0.4, -0.2) is 26.5 Å². The summed E-state index contributed by atoms with van der Waals surface area (Å²) >= 11 is 0. The SMILES string of the molecule is CN(C)c1ccc(NC(=O)CNc2ccccc2C(F)(F)F)cc1. The van der Waals surface area contributed by atoms with Crippen LogP contribution >= 0.6 is 0 Å². The van der Waals surface area contributed by atoms with Gasteiger partial charge in [0.2, 0.25) is 5.91 Å². The number of halogens is 3. The third kappa shape index (κ3) is 4.65. The van der Waals surface area contributed by atoms with E-state index < -0.39 is 17.6 Å². The Morgan fingerprint density at radius 1 is 1.04 bits per heavy atom. The summed E-state index contributed by atoms with van der Waals surface area (Å²) in [6, 6.07) is 12.2. The predicted octanol–water partition coefficient (Wildman–Crippen LogP) is 3.82. The average Bonchev–Trinajstić information content (AvgIpc) is 2.53. The molecular weight excluding hydrogens is 319 g/mol. The standard InChI is InChI=1S/C17H18F3N3O/c1-23(2)13-9-7-12(8-10-13)22-16(24)11-21-15-6-4-3-5-14(15)17(18,19)20/h3-10,21H,11H2,1-2H3,(H,22,24). The molecule has 0 atom stereocenters. The van der Waals surface area contributed by atoms with Crippen molar-refractivity contribution in [1.29, 1.82) is 0 Å². The van der Waals surface area contributed by atoms with E-state index in [1.54, 1.807) is 12.1 Å². The zero-order chi connectivity index (χ0) is 17.7. The van der Waals surface area contributed by atoms with Crippen LogP contribution in [0.4, 0.5) is 30.2 Å². The summed E-state index contributed by atoms with van der Waals surface area (Å²) in [6.07, 6.45) is -4.47. The Balaban J connectivity index is 1.97. The van der Waals surface area contributed by atoms with Crippen LogP contribution in [0, 0.1) is 0 Å². The van der Waals surface area contributed by atoms with E-state index in [9.17, 15) is 18.0 Å². The van der Waals surface area contributed by atoms with Gasteiger partial charge in [-0.05, 0) is 36.4 Å². The first kappa shape index (κ1) is 17.7. The molecule has 2 N–H and O–H groups in total. The van der Waals surface area contributed by atoms with Gasteiger partial charge in [-0.3, -0.25) is 4.79 Å². The molecular formula is C17H18F3N3O. The lowest BCUT2D eigenvalue weighted by atomic mass is 10.1. The molecule has 4 nitrogen and oxygen atoms in total. The number of benzene rings is 2. The molecule has 0 aliphatic heterocycles. The van der Waals surface area contributed by atoms with E-state index in [2.05, 4.69) is 10.6 Å². The van der Waals surface area contributed by atoms with Crippen molar-refractivity contribution in [2.75, 3.05) is 36.2 Å². The number of hydrogen-bond donors (Lipinski definition) is 2. The lowest BCUT2D eigenvalue weighted by molar-refractivity contribution is -0.137. The van der Waals surface area contributed by atoms with Gasteiger partial charge < -0.3 is 15.5 Å². The van der Waals surface area contributed by atoms with Crippen molar-refractivity contribution in [2.45, 2.75) is 6.18 Å². The van der Waals surface area contributed by atoms with Crippen molar-refractivity contribution in [3.63, 3.8) is 0 Å². The first-order chi connectivity index (χ1) is 11.3. The van der Waals surface area contributed by atoms with Crippen molar-refractivity contribution in [1.82, 2.24) is 0 Å². The summed E-state index contributed by atoms with van der Waals surface area (Å²) < 4.78 is 38.6. The molecule has 128 valence electrons. The van der Waals surface area contributed by atoms with E-state index in [0.717, 1.165) is 11.8 Å². The number of anilines is 3. The zero-order valence-corrected chi connectivity index (χ0v) is 13.3. The molecule has 0 aromatic heterocycles. The van der Waals surface area contributed by atoms with Gasteiger partial charge in [0.1, 0.15) is 0 Å². The maximum absolute atomic E-state index is 12.9. The minimum absolute atomic E-state index is 0.122. The van der Waals surface area contributed by atoms with Crippen molar-refractivity contribution >= 4 is 23.0 Å². The maximum atomic E-state index is 12.9. The van der Waals surface area contributed by atoms with Crippen molar-refractivity contribution < 1.29 is 18.0 Å². The third-order valence-corrected chi connectivity index (χ3v) is 3.34. The fourth-order valence-corrected chi connectivity index (χ4v) is 2.11. The third-order valence-electron chi connectivity index (χ3n) is 3.34. The molecule has 0 fully saturated rings. The number of amides is 1. The number of nitrogens with zero attached hydrogens (tertiary/aromatic N) is 1. The molecule has 7 heteroatoms. The normalized spacial score (nSPS) is 11.0. The van der Waals surface area contributed by atoms with Gasteiger partial charge in [0.15, 0.2) is 0 Å². The number of nitrogens with one attached hydrogen (secondary N) is 2. The quantitative estimate of drug-likeness (QED) is 0.872. The minimum Gasteiger partial charge on any atom is -0.378 e. The van der Waals surface area contributed by atoms with Crippen LogP contribution in [0.2, 0.25) is 0 Å². The lowest BCUT2D eigenvalue weighted by Gasteiger charge is -2.15. The number of alkyl halides is 3. The highest BCUT2D eigenvalue weighted by Gasteiger charge is 2.33. The Hall–Kier alpha value is -2.70. The summed E-state index contributed by atoms with van der Waals surface area (Å²) in [5.74, 6) is -0.426. The van der Waals surface area contributed by atoms with Gasteiger partial charge in [-0.2, -0.15) is 13.2 Å². The highest BCUT2D eigenvalue weighted by Crippen LogP contribution is 2.34. The Kier molecular flexibility index (Phi) is 5.33. The van der Waals surface area contributed by atoms with Crippen LogP contribution < -0.4 is 15.5 Å². The fraction of sp³-hybridized carbons (Fsp3) is 0.235. The molecule has 0 saturated carbocycles. The van der Waals surface area contributed by atoms with Gasteiger partial charge in [0.25, 0.3) is 0 Å². The number of carbonyl (C=O) groups is 1. The first-order valence-electron chi connectivity index (χ1n) is 7.24. The zero-order valence-electron chi connectivity index (χ0n) is 13.3. The minimum atomic E-state index is -4.47. The molecule has 0 bridgehead atoms. The molecule has 0 aliphatic carbocycles. The number of hydrogen-bond acceptors (Lipinski definition) is 3. The van der Waals surface area contributed by atoms with Crippen LogP contribution in [-0.2, 0) is 11.0 Å². The van der Waals surface area contributed by atoms with Crippen LogP contribution in [0.25, 0.3) is 0 Å². The fourth-order valence-electron chi connectivity index (χ4n) is 2.11. The van der Waals surface area contributed by atoms with Gasteiger partial charge in [-0.25, -0.2) is 0 Å². The summed E-state index contributed by atoms with van der Waals surface area (Å²) in [6.45, 7) is -0.261. The summed E-state index contributed by atoms with van der Waals surface area (Å²) in [7, 11) is 3.80. The highest BCUT2D eigenvalue weighted by atomic mass is 19.4. The predicted molar refractivity (Wildman–Crippen MR) is 89.3 cm³/mol. The molecule has 0 aliphatic rings. The Bertz CT molecular complexity index is 697. The van der Waals surface area contributed by atoms with E-state index in [1.807, 2.05) is 31.1 Å². The largest absolute Gasteiger partial charge is 0.418 e. The van der Waals surface area contributed by atoms with Crippen LogP contribution in [0.3, 0.4) is 0 Å². The van der Waals surface area contributed by atoms with E-state index in [0.29, 0.717) is 5.69 Å². The summed E-state index contributed by atoms with van der Waals surface area (Å²) in [5.41, 5.74) is 0.637. The summed E-state index contributed by atoms with van der Waals surface area (Å²) in [5, 5.41) is 5.16. The average molecular weight is 337 g/mol. The smallest absolute Gasteiger partial charge is 0.378 e. The summed E-state index contributed by atoms with van der Waals surface area (Å²) in [4.78, 5) is 13.8. The molecule has 2 aromatic rings. The number of rotatable bonds is 5. The van der Waals surface area contributed by atoms with E-state index in [1.165, 1.54) is 18.2 Å². The highest BCUT2D eigenvalue weighted by molar-refractivity contribution is 5.94. The van der Waals surface area contributed by atoms with Crippen LogP contribution in [0.1, 0.15) is 5.56 Å². The lowest BCUT2D eigenvalue weighted by Crippen LogP contribution is -2.23. The van der Waals surface area contributed by atoms with Crippen molar-refractivity contribution in [2.24, 2.45) is 0 Å². The molecule has 0 spiro atoms. The van der Waals surface area contributed by atoms with E-state index in [4.69, 9.17) is 0 Å². The van der Waals surface area contributed by atoms with Gasteiger partial charge in [-0.15, -0.1) is 0 Å². The molecule has 0 unspecified atom stereocenters. The molecule has 2 rings (SSSR count). The van der Waals surface area contributed by atoms with Crippen molar-refractivity contribution in [3.05, 3.63) is 54.1 Å². The molecule has 0 heterocycles. The Morgan fingerprint density at radius 3 is 2.25 bits per heavy atom. The van der Waals surface area contributed by atoms with E-state index >= 15 is 0 Å². The van der Waals surface area contributed by atoms with E-state index in [-0.39, 0.29) is 12.2 Å². The molecule has 2 aromatic carbocycles. The Morgan fingerprint density at radius 2 is 1.67 bits per heavy atom. The number of carbonyl (C=O) groups excluding carboxylic acids is 1.